The third kappa shape index (κ3) is 3.48. The van der Waals surface area contributed by atoms with Crippen molar-refractivity contribution < 1.29 is 0 Å². The van der Waals surface area contributed by atoms with Crippen molar-refractivity contribution in [1.29, 1.82) is 0 Å². The van der Waals surface area contributed by atoms with E-state index in [0.717, 1.165) is 18.8 Å². The maximum absolute atomic E-state index is 4.52. The van der Waals surface area contributed by atoms with E-state index >= 15 is 0 Å². The molecule has 2 heterocycles. The molecule has 0 fully saturated rings. The summed E-state index contributed by atoms with van der Waals surface area (Å²) in [6, 6.07) is 2.59. The molecule has 0 saturated heterocycles. The highest BCUT2D eigenvalue weighted by molar-refractivity contribution is 5.13. The average molecular weight is 275 g/mol. The Kier molecular flexibility index (Phi) is 4.60. The molecule has 2 aromatic rings. The lowest BCUT2D eigenvalue weighted by Gasteiger charge is -2.04. The highest BCUT2D eigenvalue weighted by Gasteiger charge is 2.08. The smallest absolute Gasteiger partial charge is 0.0653 e. The zero-order valence-electron chi connectivity index (χ0n) is 13.1. The highest BCUT2D eigenvalue weighted by Crippen LogP contribution is 2.13. The van der Waals surface area contributed by atoms with Crippen molar-refractivity contribution in [3.05, 3.63) is 35.4 Å². The molecule has 20 heavy (non-hydrogen) atoms. The van der Waals surface area contributed by atoms with Crippen molar-refractivity contribution in [2.75, 3.05) is 0 Å². The number of rotatable bonds is 6. The van der Waals surface area contributed by atoms with Crippen LogP contribution >= 0.6 is 0 Å². The molecule has 0 atom stereocenters. The van der Waals surface area contributed by atoms with Crippen molar-refractivity contribution in [3.8, 4) is 0 Å². The molecule has 1 N–H and O–H groups in total. The number of hydrogen-bond donors (Lipinski definition) is 1. The second-order valence-corrected chi connectivity index (χ2v) is 5.86. The largest absolute Gasteiger partial charge is 0.307 e. The summed E-state index contributed by atoms with van der Waals surface area (Å²) in [7, 11) is 2.00. The van der Waals surface area contributed by atoms with Crippen LogP contribution in [0.3, 0.4) is 0 Å². The summed E-state index contributed by atoms with van der Waals surface area (Å²) < 4.78 is 3.94. The van der Waals surface area contributed by atoms with Gasteiger partial charge in [-0.15, -0.1) is 0 Å². The van der Waals surface area contributed by atoms with Crippen LogP contribution in [-0.4, -0.2) is 19.6 Å². The zero-order valence-corrected chi connectivity index (χ0v) is 13.1. The molecule has 0 aliphatic heterocycles. The molecule has 0 aliphatic carbocycles. The Morgan fingerprint density at radius 1 is 1.20 bits per heavy atom. The second-order valence-electron chi connectivity index (χ2n) is 5.86. The highest BCUT2D eigenvalue weighted by atomic mass is 15.3. The van der Waals surface area contributed by atoms with Gasteiger partial charge in [0.2, 0.25) is 0 Å². The first-order valence-electron chi connectivity index (χ1n) is 7.24. The Bertz CT molecular complexity index is 550. The summed E-state index contributed by atoms with van der Waals surface area (Å²) in [6.45, 7) is 10.2. The molecule has 0 unspecified atom stereocenters. The van der Waals surface area contributed by atoms with Gasteiger partial charge in [-0.1, -0.05) is 13.8 Å². The minimum Gasteiger partial charge on any atom is -0.307 e. The maximum atomic E-state index is 4.52. The van der Waals surface area contributed by atoms with E-state index in [9.17, 15) is 0 Å². The first-order valence-corrected chi connectivity index (χ1v) is 7.24. The fourth-order valence-electron chi connectivity index (χ4n) is 2.06. The van der Waals surface area contributed by atoms with Crippen LogP contribution in [-0.2, 0) is 20.1 Å². The topological polar surface area (TPSA) is 47.7 Å². The first-order chi connectivity index (χ1) is 9.47. The summed E-state index contributed by atoms with van der Waals surface area (Å²) in [5.74, 6) is 0.472. The predicted molar refractivity (Wildman–Crippen MR) is 80.5 cm³/mol. The fraction of sp³-hybridized carbons (Fsp3) is 0.600. The van der Waals surface area contributed by atoms with Gasteiger partial charge in [0.15, 0.2) is 0 Å². The predicted octanol–water partition coefficient (Wildman–Crippen LogP) is 2.61. The van der Waals surface area contributed by atoms with Crippen molar-refractivity contribution in [3.63, 3.8) is 0 Å². The van der Waals surface area contributed by atoms with Crippen LogP contribution in [0.15, 0.2) is 18.5 Å². The standard InChI is InChI=1S/C15H25N5/c1-11(2)15-6-14(19(5)18-15)9-16-7-13-8-17-20(10-13)12(3)4/h6,8,10-12,16H,7,9H2,1-5H3. The number of aromatic nitrogens is 4. The SMILES string of the molecule is CC(C)c1cc(CNCc2cnn(C(C)C)c2)n(C)n1. The van der Waals surface area contributed by atoms with Crippen LogP contribution in [0, 0.1) is 0 Å². The lowest BCUT2D eigenvalue weighted by atomic mass is 10.1. The van der Waals surface area contributed by atoms with E-state index in [-0.39, 0.29) is 0 Å². The van der Waals surface area contributed by atoms with Gasteiger partial charge in [0.05, 0.1) is 17.6 Å². The van der Waals surface area contributed by atoms with Crippen LogP contribution in [0.1, 0.15) is 56.6 Å². The Morgan fingerprint density at radius 2 is 1.95 bits per heavy atom. The van der Waals surface area contributed by atoms with Crippen molar-refractivity contribution >= 4 is 0 Å². The van der Waals surface area contributed by atoms with Crippen molar-refractivity contribution in [2.24, 2.45) is 7.05 Å². The van der Waals surface area contributed by atoms with E-state index in [1.54, 1.807) is 0 Å². The Balaban J connectivity index is 1.89. The fourth-order valence-corrected chi connectivity index (χ4v) is 2.06. The zero-order chi connectivity index (χ0) is 14.7. The first kappa shape index (κ1) is 14.8. The molecule has 0 spiro atoms. The summed E-state index contributed by atoms with van der Waals surface area (Å²) >= 11 is 0. The lowest BCUT2D eigenvalue weighted by molar-refractivity contribution is 0.531. The van der Waals surface area contributed by atoms with Crippen LogP contribution in [0.5, 0.6) is 0 Å². The van der Waals surface area contributed by atoms with Gasteiger partial charge in [-0.3, -0.25) is 9.36 Å². The van der Waals surface area contributed by atoms with Gasteiger partial charge >= 0.3 is 0 Å². The van der Waals surface area contributed by atoms with Crippen LogP contribution in [0.2, 0.25) is 0 Å². The van der Waals surface area contributed by atoms with Gasteiger partial charge in [-0.2, -0.15) is 10.2 Å². The molecule has 5 nitrogen and oxygen atoms in total. The Labute approximate surface area is 121 Å². The molecule has 2 rings (SSSR count). The molecule has 0 radical (unpaired) electrons. The Morgan fingerprint density at radius 3 is 2.50 bits per heavy atom. The van der Waals surface area contributed by atoms with Crippen LogP contribution in [0.4, 0.5) is 0 Å². The quantitative estimate of drug-likeness (QED) is 0.881. The Hall–Kier alpha value is -1.62. The van der Waals surface area contributed by atoms with E-state index in [4.69, 9.17) is 0 Å². The van der Waals surface area contributed by atoms with Gasteiger partial charge in [-0.05, 0) is 25.8 Å². The van der Waals surface area contributed by atoms with Crippen molar-refractivity contribution in [2.45, 2.75) is 52.7 Å². The van der Waals surface area contributed by atoms with E-state index < -0.39 is 0 Å². The normalized spacial score (nSPS) is 11.8. The van der Waals surface area contributed by atoms with E-state index in [0.29, 0.717) is 12.0 Å². The molecule has 0 saturated carbocycles. The molecule has 110 valence electrons. The van der Waals surface area contributed by atoms with E-state index in [1.807, 2.05) is 22.6 Å². The monoisotopic (exact) mass is 275 g/mol. The van der Waals surface area contributed by atoms with Gasteiger partial charge in [0.1, 0.15) is 0 Å². The number of nitrogens with one attached hydrogen (secondary N) is 1. The van der Waals surface area contributed by atoms with Crippen LogP contribution < -0.4 is 5.32 Å². The summed E-state index contributed by atoms with van der Waals surface area (Å²) in [6.07, 6.45) is 4.02. The van der Waals surface area contributed by atoms with Crippen molar-refractivity contribution in [1.82, 2.24) is 24.9 Å². The second kappa shape index (κ2) is 6.22. The molecule has 0 aliphatic rings. The third-order valence-electron chi connectivity index (χ3n) is 3.41. The maximum Gasteiger partial charge on any atom is 0.0653 e. The molecular weight excluding hydrogens is 250 g/mol. The molecular formula is C15H25N5. The molecule has 0 aromatic carbocycles. The molecule has 0 amide bonds. The summed E-state index contributed by atoms with van der Waals surface area (Å²) in [4.78, 5) is 0. The molecule has 0 bridgehead atoms. The summed E-state index contributed by atoms with van der Waals surface area (Å²) in [5.41, 5.74) is 3.58. The van der Waals surface area contributed by atoms with Gasteiger partial charge in [-0.25, -0.2) is 0 Å². The number of nitrogens with zero attached hydrogens (tertiary/aromatic N) is 4. The number of aryl methyl sites for hydroxylation is 1. The van der Waals surface area contributed by atoms with E-state index in [2.05, 4.69) is 55.5 Å². The van der Waals surface area contributed by atoms with Gasteiger partial charge in [0.25, 0.3) is 0 Å². The van der Waals surface area contributed by atoms with E-state index in [1.165, 1.54) is 11.3 Å². The van der Waals surface area contributed by atoms with Gasteiger partial charge in [0, 0.05) is 37.9 Å². The number of hydrogen-bond acceptors (Lipinski definition) is 3. The van der Waals surface area contributed by atoms with Gasteiger partial charge < -0.3 is 5.32 Å². The average Bonchev–Trinajstić information content (AvgIpc) is 2.97. The third-order valence-corrected chi connectivity index (χ3v) is 3.41. The lowest BCUT2D eigenvalue weighted by Crippen LogP contribution is -2.15. The molecule has 2 aromatic heterocycles. The molecule has 5 heteroatoms. The minimum absolute atomic E-state index is 0.412. The van der Waals surface area contributed by atoms with Crippen LogP contribution in [0.25, 0.3) is 0 Å². The summed E-state index contributed by atoms with van der Waals surface area (Å²) in [5, 5.41) is 12.3. The minimum atomic E-state index is 0.412.